The molecule has 3 nitrogen and oxygen atoms in total. The fourth-order valence-corrected chi connectivity index (χ4v) is 2.97. The summed E-state index contributed by atoms with van der Waals surface area (Å²) in [5, 5.41) is 4.81. The van der Waals surface area contributed by atoms with Crippen LogP contribution >= 0.6 is 0 Å². The number of aromatic nitrogens is 1. The minimum Gasteiger partial charge on any atom is -0.497 e. The minimum atomic E-state index is 0.624. The molecule has 1 aliphatic heterocycles. The number of hydrogen-bond acceptors (Lipinski definition) is 2. The Bertz CT molecular complexity index is 553. The predicted octanol–water partition coefficient (Wildman–Crippen LogP) is 2.95. The van der Waals surface area contributed by atoms with Crippen molar-refractivity contribution in [2.45, 2.75) is 25.7 Å². The van der Waals surface area contributed by atoms with E-state index < -0.39 is 0 Å². The van der Waals surface area contributed by atoms with Crippen molar-refractivity contribution in [2.75, 3.05) is 20.2 Å². The quantitative estimate of drug-likeness (QED) is 0.852. The Morgan fingerprint density at radius 2 is 2.22 bits per heavy atom. The van der Waals surface area contributed by atoms with Gasteiger partial charge in [-0.05, 0) is 55.5 Å². The molecule has 0 spiro atoms. The first-order valence-corrected chi connectivity index (χ1v) is 6.66. The summed E-state index contributed by atoms with van der Waals surface area (Å²) in [5.74, 6) is 1.57. The van der Waals surface area contributed by atoms with Gasteiger partial charge in [-0.2, -0.15) is 0 Å². The predicted molar refractivity (Wildman–Crippen MR) is 74.4 cm³/mol. The summed E-state index contributed by atoms with van der Waals surface area (Å²) >= 11 is 0. The number of aromatic amines is 1. The van der Waals surface area contributed by atoms with E-state index in [-0.39, 0.29) is 0 Å². The molecule has 18 heavy (non-hydrogen) atoms. The minimum absolute atomic E-state index is 0.624. The van der Waals surface area contributed by atoms with Crippen LogP contribution in [0.5, 0.6) is 5.75 Å². The lowest BCUT2D eigenvalue weighted by Gasteiger charge is -2.22. The lowest BCUT2D eigenvalue weighted by Crippen LogP contribution is -2.28. The Hall–Kier alpha value is -1.48. The molecule has 0 saturated carbocycles. The van der Waals surface area contributed by atoms with Gasteiger partial charge in [-0.15, -0.1) is 0 Å². The largest absolute Gasteiger partial charge is 0.497 e. The Kier molecular flexibility index (Phi) is 3.00. The van der Waals surface area contributed by atoms with Crippen LogP contribution in [-0.2, 0) is 0 Å². The molecule has 2 aromatic rings. The fourth-order valence-electron chi connectivity index (χ4n) is 2.97. The fraction of sp³-hybridized carbons (Fsp3) is 0.467. The molecule has 1 saturated heterocycles. The third-order valence-corrected chi connectivity index (χ3v) is 3.96. The molecule has 1 atom stereocenters. The van der Waals surface area contributed by atoms with Gasteiger partial charge in [-0.25, -0.2) is 0 Å². The first-order chi connectivity index (χ1) is 8.79. The lowest BCUT2D eigenvalue weighted by atomic mass is 9.91. The van der Waals surface area contributed by atoms with E-state index in [1.165, 1.54) is 34.9 Å². The number of ether oxygens (including phenoxy) is 1. The number of nitrogens with one attached hydrogen (secondary N) is 2. The van der Waals surface area contributed by atoms with E-state index in [4.69, 9.17) is 4.74 Å². The number of piperidine rings is 1. The molecule has 0 radical (unpaired) electrons. The average molecular weight is 244 g/mol. The molecule has 96 valence electrons. The average Bonchev–Trinajstić information content (AvgIpc) is 2.84. The SMILES string of the molecule is COc1cc(C)c2[nH]cc(C3CCCNC3)c2c1. The summed E-state index contributed by atoms with van der Waals surface area (Å²) in [6, 6.07) is 4.24. The molecule has 1 fully saturated rings. The Labute approximate surface area is 108 Å². The molecule has 2 N–H and O–H groups in total. The summed E-state index contributed by atoms with van der Waals surface area (Å²) in [6.45, 7) is 4.37. The lowest BCUT2D eigenvalue weighted by molar-refractivity contribution is 0.415. The van der Waals surface area contributed by atoms with E-state index in [9.17, 15) is 0 Å². The van der Waals surface area contributed by atoms with E-state index in [2.05, 4.69) is 35.6 Å². The Balaban J connectivity index is 2.09. The van der Waals surface area contributed by atoms with Crippen molar-refractivity contribution >= 4 is 10.9 Å². The van der Waals surface area contributed by atoms with Gasteiger partial charge in [0.25, 0.3) is 0 Å². The normalized spacial score (nSPS) is 20.2. The smallest absolute Gasteiger partial charge is 0.119 e. The first kappa shape index (κ1) is 11.6. The van der Waals surface area contributed by atoms with Crippen molar-refractivity contribution < 1.29 is 4.74 Å². The summed E-state index contributed by atoms with van der Waals surface area (Å²) in [4.78, 5) is 3.42. The molecule has 1 aromatic heterocycles. The van der Waals surface area contributed by atoms with Gasteiger partial charge in [0.15, 0.2) is 0 Å². The van der Waals surface area contributed by atoms with Gasteiger partial charge < -0.3 is 15.0 Å². The zero-order valence-electron chi connectivity index (χ0n) is 11.0. The topological polar surface area (TPSA) is 37.0 Å². The van der Waals surface area contributed by atoms with Gasteiger partial charge in [0.1, 0.15) is 5.75 Å². The summed E-state index contributed by atoms with van der Waals surface area (Å²) in [6.07, 6.45) is 4.71. The number of rotatable bonds is 2. The second kappa shape index (κ2) is 4.65. The highest BCUT2D eigenvalue weighted by atomic mass is 16.5. The molecule has 1 unspecified atom stereocenters. The number of methoxy groups -OCH3 is 1. The van der Waals surface area contributed by atoms with Crippen LogP contribution in [0.1, 0.15) is 29.9 Å². The van der Waals surface area contributed by atoms with Crippen molar-refractivity contribution in [1.29, 1.82) is 0 Å². The van der Waals surface area contributed by atoms with Crippen LogP contribution in [0.4, 0.5) is 0 Å². The highest BCUT2D eigenvalue weighted by molar-refractivity contribution is 5.88. The van der Waals surface area contributed by atoms with E-state index in [0.717, 1.165) is 18.8 Å². The summed E-state index contributed by atoms with van der Waals surface area (Å²) < 4.78 is 5.39. The molecule has 3 rings (SSSR count). The number of H-pyrrole nitrogens is 1. The number of hydrogen-bond donors (Lipinski definition) is 2. The van der Waals surface area contributed by atoms with Crippen molar-refractivity contribution in [2.24, 2.45) is 0 Å². The monoisotopic (exact) mass is 244 g/mol. The van der Waals surface area contributed by atoms with E-state index in [0.29, 0.717) is 5.92 Å². The van der Waals surface area contributed by atoms with Gasteiger partial charge in [0.2, 0.25) is 0 Å². The van der Waals surface area contributed by atoms with E-state index >= 15 is 0 Å². The summed E-state index contributed by atoms with van der Waals surface area (Å²) in [5.41, 5.74) is 3.93. The second-order valence-corrected chi connectivity index (χ2v) is 5.15. The van der Waals surface area contributed by atoms with E-state index in [1.807, 2.05) is 0 Å². The molecule has 0 bridgehead atoms. The highest BCUT2D eigenvalue weighted by Crippen LogP contribution is 2.33. The standard InChI is InChI=1S/C15H20N2O/c1-10-6-12(18-2)7-13-14(9-17-15(10)13)11-4-3-5-16-8-11/h6-7,9,11,16-17H,3-5,8H2,1-2H3. The molecule has 3 heteroatoms. The van der Waals surface area contributed by atoms with Crippen LogP contribution in [0.3, 0.4) is 0 Å². The summed E-state index contributed by atoms with van der Waals surface area (Å²) in [7, 11) is 1.73. The van der Waals surface area contributed by atoms with Gasteiger partial charge in [0, 0.05) is 23.6 Å². The van der Waals surface area contributed by atoms with Gasteiger partial charge >= 0.3 is 0 Å². The van der Waals surface area contributed by atoms with Gasteiger partial charge in [-0.3, -0.25) is 0 Å². The molecule has 0 aliphatic carbocycles. The van der Waals surface area contributed by atoms with Crippen LogP contribution in [0.25, 0.3) is 10.9 Å². The van der Waals surface area contributed by atoms with Gasteiger partial charge in [0.05, 0.1) is 7.11 Å². The second-order valence-electron chi connectivity index (χ2n) is 5.15. The molecule has 1 aliphatic rings. The maximum atomic E-state index is 5.39. The van der Waals surface area contributed by atoms with Gasteiger partial charge in [-0.1, -0.05) is 0 Å². The number of fused-ring (bicyclic) bond motifs is 1. The maximum Gasteiger partial charge on any atom is 0.119 e. The van der Waals surface area contributed by atoms with Crippen LogP contribution in [0.2, 0.25) is 0 Å². The van der Waals surface area contributed by atoms with Crippen molar-refractivity contribution in [1.82, 2.24) is 10.3 Å². The third-order valence-electron chi connectivity index (χ3n) is 3.96. The Morgan fingerprint density at radius 3 is 2.94 bits per heavy atom. The maximum absolute atomic E-state index is 5.39. The van der Waals surface area contributed by atoms with Crippen LogP contribution in [0, 0.1) is 6.92 Å². The van der Waals surface area contributed by atoms with Crippen LogP contribution in [-0.4, -0.2) is 25.2 Å². The molecule has 0 amide bonds. The van der Waals surface area contributed by atoms with Crippen LogP contribution in [0.15, 0.2) is 18.3 Å². The van der Waals surface area contributed by atoms with Crippen LogP contribution < -0.4 is 10.1 Å². The molecule has 1 aromatic carbocycles. The third kappa shape index (κ3) is 1.89. The first-order valence-electron chi connectivity index (χ1n) is 6.66. The Morgan fingerprint density at radius 1 is 1.33 bits per heavy atom. The van der Waals surface area contributed by atoms with Crippen molar-refractivity contribution in [3.05, 3.63) is 29.5 Å². The number of aryl methyl sites for hydroxylation is 1. The molecular formula is C15H20N2O. The van der Waals surface area contributed by atoms with Crippen molar-refractivity contribution in [3.63, 3.8) is 0 Å². The number of benzene rings is 1. The zero-order chi connectivity index (χ0) is 12.5. The van der Waals surface area contributed by atoms with Crippen molar-refractivity contribution in [3.8, 4) is 5.75 Å². The molecular weight excluding hydrogens is 224 g/mol. The molecule has 2 heterocycles. The zero-order valence-corrected chi connectivity index (χ0v) is 11.0. The van der Waals surface area contributed by atoms with E-state index in [1.54, 1.807) is 7.11 Å². The highest BCUT2D eigenvalue weighted by Gasteiger charge is 2.19.